The number of benzene rings is 1. The molecule has 1 aliphatic carbocycles. The first-order chi connectivity index (χ1) is 8.18. The van der Waals surface area contributed by atoms with Gasteiger partial charge >= 0.3 is 0 Å². The Morgan fingerprint density at radius 3 is 2.82 bits per heavy atom. The molecule has 0 fully saturated rings. The number of aryl methyl sites for hydroxylation is 1. The zero-order valence-corrected chi connectivity index (χ0v) is 10.4. The van der Waals surface area contributed by atoms with E-state index in [0.717, 1.165) is 18.4 Å². The van der Waals surface area contributed by atoms with Gasteiger partial charge in [0.15, 0.2) is 0 Å². The molecule has 2 heteroatoms. The lowest BCUT2D eigenvalue weighted by Crippen LogP contribution is -2.15. The molecule has 0 saturated carbocycles. The van der Waals surface area contributed by atoms with Crippen LogP contribution in [0.2, 0.25) is 0 Å². The average Bonchev–Trinajstić information content (AvgIpc) is 2.56. The molecule has 92 valence electrons. The Balaban J connectivity index is 2.23. The second kappa shape index (κ2) is 5.46. The normalized spacial score (nSPS) is 18.4. The molecule has 1 aromatic carbocycles. The van der Waals surface area contributed by atoms with E-state index in [0.29, 0.717) is 5.56 Å². The van der Waals surface area contributed by atoms with Crippen molar-refractivity contribution in [3.8, 4) is 0 Å². The summed E-state index contributed by atoms with van der Waals surface area (Å²) < 4.78 is 13.9. The highest BCUT2D eigenvalue weighted by Gasteiger charge is 2.16. The van der Waals surface area contributed by atoms with E-state index in [4.69, 9.17) is 5.73 Å². The third-order valence-electron chi connectivity index (χ3n) is 3.47. The number of allylic oxidation sites excluding steroid dienone is 1. The Bertz CT molecular complexity index is 423. The minimum Gasteiger partial charge on any atom is -0.320 e. The van der Waals surface area contributed by atoms with E-state index in [1.165, 1.54) is 24.8 Å². The van der Waals surface area contributed by atoms with Crippen molar-refractivity contribution in [2.75, 3.05) is 0 Å². The molecule has 0 aromatic heterocycles. The lowest BCUT2D eigenvalue weighted by molar-refractivity contribution is 0.590. The first-order valence-electron chi connectivity index (χ1n) is 6.39. The summed E-state index contributed by atoms with van der Waals surface area (Å²) in [5.41, 5.74) is 8.95. The maximum Gasteiger partial charge on any atom is 0.128 e. The zero-order chi connectivity index (χ0) is 12.3. The first kappa shape index (κ1) is 12.3. The van der Waals surface area contributed by atoms with E-state index in [1.807, 2.05) is 19.1 Å². The lowest BCUT2D eigenvalue weighted by Gasteiger charge is -2.16. The van der Waals surface area contributed by atoms with Crippen molar-refractivity contribution < 1.29 is 4.39 Å². The number of rotatable bonds is 2. The van der Waals surface area contributed by atoms with Gasteiger partial charge in [0.2, 0.25) is 0 Å². The topological polar surface area (TPSA) is 26.0 Å². The van der Waals surface area contributed by atoms with Gasteiger partial charge < -0.3 is 5.73 Å². The van der Waals surface area contributed by atoms with Gasteiger partial charge in [-0.2, -0.15) is 0 Å². The van der Waals surface area contributed by atoms with E-state index in [-0.39, 0.29) is 11.9 Å². The van der Waals surface area contributed by atoms with E-state index in [9.17, 15) is 4.39 Å². The molecule has 0 bridgehead atoms. The number of halogens is 1. The van der Waals surface area contributed by atoms with Crippen LogP contribution in [0, 0.1) is 12.7 Å². The Morgan fingerprint density at radius 2 is 2.06 bits per heavy atom. The van der Waals surface area contributed by atoms with Crippen LogP contribution in [-0.4, -0.2) is 0 Å². The van der Waals surface area contributed by atoms with Crippen molar-refractivity contribution in [1.82, 2.24) is 0 Å². The van der Waals surface area contributed by atoms with Gasteiger partial charge in [0, 0.05) is 5.56 Å². The molecule has 0 spiro atoms. The second-order valence-electron chi connectivity index (χ2n) is 4.88. The molecule has 1 unspecified atom stereocenters. The van der Waals surface area contributed by atoms with Gasteiger partial charge in [-0.05, 0) is 44.2 Å². The van der Waals surface area contributed by atoms with E-state index >= 15 is 0 Å². The quantitative estimate of drug-likeness (QED) is 0.767. The lowest BCUT2D eigenvalue weighted by atomic mass is 9.95. The van der Waals surface area contributed by atoms with E-state index in [1.54, 1.807) is 6.07 Å². The van der Waals surface area contributed by atoms with Gasteiger partial charge in [-0.15, -0.1) is 0 Å². The van der Waals surface area contributed by atoms with Crippen molar-refractivity contribution in [2.45, 2.75) is 45.1 Å². The molecule has 0 saturated heterocycles. The Morgan fingerprint density at radius 1 is 1.24 bits per heavy atom. The first-order valence-corrected chi connectivity index (χ1v) is 6.39. The largest absolute Gasteiger partial charge is 0.320 e. The van der Waals surface area contributed by atoms with Gasteiger partial charge in [0.05, 0.1) is 6.04 Å². The third kappa shape index (κ3) is 2.95. The fourth-order valence-electron chi connectivity index (χ4n) is 2.41. The summed E-state index contributed by atoms with van der Waals surface area (Å²) in [7, 11) is 0. The fraction of sp³-hybridized carbons (Fsp3) is 0.467. The minimum atomic E-state index is -0.270. The van der Waals surface area contributed by atoms with Gasteiger partial charge in [-0.25, -0.2) is 4.39 Å². The van der Waals surface area contributed by atoms with Gasteiger partial charge in [0.1, 0.15) is 5.82 Å². The van der Waals surface area contributed by atoms with E-state index in [2.05, 4.69) is 6.08 Å². The molecule has 0 aliphatic heterocycles. The standard InChI is InChI=1S/C15H20FN/c1-11-8-9-13(14(16)10-11)15(17)12-6-4-2-3-5-7-12/h6,8-10,15H,2-5,7,17H2,1H3. The number of hydrogen-bond donors (Lipinski definition) is 1. The molecule has 0 heterocycles. The molecular formula is C15H20FN. The fourth-order valence-corrected chi connectivity index (χ4v) is 2.41. The Labute approximate surface area is 103 Å². The molecular weight excluding hydrogens is 213 g/mol. The predicted molar refractivity (Wildman–Crippen MR) is 69.2 cm³/mol. The molecule has 2 rings (SSSR count). The van der Waals surface area contributed by atoms with Crippen LogP contribution >= 0.6 is 0 Å². The van der Waals surface area contributed by atoms with Gasteiger partial charge in [-0.3, -0.25) is 0 Å². The van der Waals surface area contributed by atoms with Crippen molar-refractivity contribution >= 4 is 0 Å². The number of hydrogen-bond acceptors (Lipinski definition) is 1. The van der Waals surface area contributed by atoms with Crippen LogP contribution in [0.25, 0.3) is 0 Å². The molecule has 0 radical (unpaired) electrons. The van der Waals surface area contributed by atoms with Crippen molar-refractivity contribution in [3.63, 3.8) is 0 Å². The number of nitrogens with two attached hydrogens (primary N) is 1. The highest BCUT2D eigenvalue weighted by molar-refractivity contribution is 5.31. The summed E-state index contributed by atoms with van der Waals surface area (Å²) in [6.45, 7) is 1.89. The smallest absolute Gasteiger partial charge is 0.128 e. The molecule has 1 aliphatic rings. The molecule has 0 amide bonds. The predicted octanol–water partition coefficient (Wildman–Crippen LogP) is 4.02. The van der Waals surface area contributed by atoms with Gasteiger partial charge in [0.25, 0.3) is 0 Å². The van der Waals surface area contributed by atoms with Crippen LogP contribution < -0.4 is 5.73 Å². The molecule has 2 N–H and O–H groups in total. The van der Waals surface area contributed by atoms with Crippen LogP contribution in [-0.2, 0) is 0 Å². The molecule has 1 atom stereocenters. The van der Waals surface area contributed by atoms with Crippen LogP contribution in [0.1, 0.15) is 49.3 Å². The van der Waals surface area contributed by atoms with Crippen LogP contribution in [0.5, 0.6) is 0 Å². The second-order valence-corrected chi connectivity index (χ2v) is 4.88. The van der Waals surface area contributed by atoms with Crippen molar-refractivity contribution in [1.29, 1.82) is 0 Å². The maximum absolute atomic E-state index is 13.9. The molecule has 1 nitrogen and oxygen atoms in total. The summed E-state index contributed by atoms with van der Waals surface area (Å²) in [4.78, 5) is 0. The maximum atomic E-state index is 13.9. The van der Waals surface area contributed by atoms with Crippen LogP contribution in [0.15, 0.2) is 29.8 Å². The summed E-state index contributed by atoms with van der Waals surface area (Å²) >= 11 is 0. The zero-order valence-electron chi connectivity index (χ0n) is 10.4. The summed E-state index contributed by atoms with van der Waals surface area (Å²) in [6, 6.07) is 5.04. The van der Waals surface area contributed by atoms with Crippen molar-refractivity contribution in [3.05, 3.63) is 46.8 Å². The summed E-state index contributed by atoms with van der Waals surface area (Å²) in [5, 5.41) is 0. The SMILES string of the molecule is Cc1ccc(C(N)C2=CCCCCC2)c(F)c1. The third-order valence-corrected chi connectivity index (χ3v) is 3.47. The minimum absolute atomic E-state index is 0.178. The van der Waals surface area contributed by atoms with Crippen LogP contribution in [0.3, 0.4) is 0 Å². The monoisotopic (exact) mass is 233 g/mol. The van der Waals surface area contributed by atoms with E-state index < -0.39 is 0 Å². The Kier molecular flexibility index (Phi) is 3.95. The Hall–Kier alpha value is -1.15. The highest BCUT2D eigenvalue weighted by Crippen LogP contribution is 2.29. The summed E-state index contributed by atoms with van der Waals surface area (Å²) in [5.74, 6) is -0.178. The van der Waals surface area contributed by atoms with Crippen LogP contribution in [0.4, 0.5) is 4.39 Å². The highest BCUT2D eigenvalue weighted by atomic mass is 19.1. The van der Waals surface area contributed by atoms with Gasteiger partial charge in [-0.1, -0.05) is 30.2 Å². The molecule has 1 aromatic rings. The summed E-state index contributed by atoms with van der Waals surface area (Å²) in [6.07, 6.45) is 7.95. The van der Waals surface area contributed by atoms with Crippen molar-refractivity contribution in [2.24, 2.45) is 5.73 Å². The molecule has 17 heavy (non-hydrogen) atoms. The average molecular weight is 233 g/mol.